The Bertz CT molecular complexity index is 881. The molecule has 0 amide bonds. The fourth-order valence-electron chi connectivity index (χ4n) is 3.02. The topological polar surface area (TPSA) is 50.7 Å². The molecule has 0 saturated heterocycles. The summed E-state index contributed by atoms with van der Waals surface area (Å²) in [5, 5.41) is 4.56. The summed E-state index contributed by atoms with van der Waals surface area (Å²) < 4.78 is 1.57. The van der Waals surface area contributed by atoms with Crippen molar-refractivity contribution < 1.29 is 0 Å². The monoisotopic (exact) mass is 335 g/mol. The van der Waals surface area contributed by atoms with Crippen molar-refractivity contribution in [2.75, 3.05) is 0 Å². The molecule has 114 valence electrons. The van der Waals surface area contributed by atoms with Crippen LogP contribution in [-0.4, -0.2) is 14.8 Å². The van der Waals surface area contributed by atoms with Gasteiger partial charge in [-0.15, -0.1) is 12.4 Å². The zero-order valence-electron chi connectivity index (χ0n) is 11.8. The summed E-state index contributed by atoms with van der Waals surface area (Å²) in [5.74, 6) is 0. The Morgan fingerprint density at radius 3 is 2.64 bits per heavy atom. The maximum absolute atomic E-state index is 12.6. The van der Waals surface area contributed by atoms with Crippen molar-refractivity contribution in [2.24, 2.45) is 0 Å². The van der Waals surface area contributed by atoms with Gasteiger partial charge in [-0.3, -0.25) is 14.9 Å². The van der Waals surface area contributed by atoms with Gasteiger partial charge in [0, 0.05) is 16.9 Å². The zero-order valence-corrected chi connectivity index (χ0v) is 13.4. The van der Waals surface area contributed by atoms with Crippen LogP contribution in [0.5, 0.6) is 0 Å². The highest BCUT2D eigenvalue weighted by Gasteiger charge is 2.18. The number of H-pyrrole nitrogens is 1. The molecule has 1 N–H and O–H groups in total. The Hall–Kier alpha value is -1.78. The molecular formula is C16H15Cl2N3O. The van der Waals surface area contributed by atoms with Gasteiger partial charge in [0.05, 0.1) is 16.6 Å². The first-order valence-corrected chi connectivity index (χ1v) is 7.49. The van der Waals surface area contributed by atoms with E-state index in [1.165, 1.54) is 12.0 Å². The van der Waals surface area contributed by atoms with Gasteiger partial charge in [0.25, 0.3) is 5.56 Å². The van der Waals surface area contributed by atoms with E-state index in [0.717, 1.165) is 36.2 Å². The van der Waals surface area contributed by atoms with Crippen LogP contribution in [0, 0.1) is 0 Å². The van der Waals surface area contributed by atoms with E-state index in [-0.39, 0.29) is 18.0 Å². The number of hydrogen-bond acceptors (Lipinski definition) is 2. The van der Waals surface area contributed by atoms with Gasteiger partial charge < -0.3 is 0 Å². The van der Waals surface area contributed by atoms with Gasteiger partial charge in [-0.05, 0) is 55.5 Å². The quantitative estimate of drug-likeness (QED) is 0.737. The Morgan fingerprint density at radius 2 is 1.86 bits per heavy atom. The molecule has 2 aromatic heterocycles. The smallest absolute Gasteiger partial charge is 0.280 e. The third-order valence-electron chi connectivity index (χ3n) is 4.10. The van der Waals surface area contributed by atoms with E-state index < -0.39 is 0 Å². The molecule has 0 spiro atoms. The molecule has 0 fully saturated rings. The van der Waals surface area contributed by atoms with Crippen LogP contribution in [0.3, 0.4) is 0 Å². The number of benzene rings is 1. The SMILES string of the molecule is Cl.O=c1c2cnc3c(c2[nH]n1-c1ccc(Cl)cc1)CCCC3. The Labute approximate surface area is 138 Å². The van der Waals surface area contributed by atoms with Crippen LogP contribution < -0.4 is 5.56 Å². The number of nitrogens with one attached hydrogen (secondary N) is 1. The van der Waals surface area contributed by atoms with Crippen LogP contribution >= 0.6 is 24.0 Å². The third kappa shape index (κ3) is 2.32. The van der Waals surface area contributed by atoms with Gasteiger partial charge in [-0.2, -0.15) is 0 Å². The van der Waals surface area contributed by atoms with Gasteiger partial charge in [0.15, 0.2) is 0 Å². The van der Waals surface area contributed by atoms with Crippen molar-refractivity contribution in [1.29, 1.82) is 0 Å². The van der Waals surface area contributed by atoms with E-state index in [9.17, 15) is 4.79 Å². The maximum Gasteiger partial charge on any atom is 0.280 e. The van der Waals surface area contributed by atoms with E-state index in [0.29, 0.717) is 10.4 Å². The van der Waals surface area contributed by atoms with E-state index in [4.69, 9.17) is 11.6 Å². The average molecular weight is 336 g/mol. The first-order valence-electron chi connectivity index (χ1n) is 7.11. The minimum Gasteiger partial charge on any atom is -0.290 e. The predicted molar refractivity (Wildman–Crippen MR) is 90.6 cm³/mol. The lowest BCUT2D eigenvalue weighted by Gasteiger charge is -2.14. The number of aromatic amines is 1. The van der Waals surface area contributed by atoms with Crippen LogP contribution in [0.4, 0.5) is 0 Å². The predicted octanol–water partition coefficient (Wildman–Crippen LogP) is 3.67. The first-order chi connectivity index (χ1) is 10.2. The van der Waals surface area contributed by atoms with E-state index in [1.54, 1.807) is 23.0 Å². The molecule has 0 atom stereocenters. The van der Waals surface area contributed by atoms with Crippen molar-refractivity contribution in [3.8, 4) is 5.69 Å². The van der Waals surface area contributed by atoms with Crippen molar-refractivity contribution in [3.63, 3.8) is 0 Å². The number of fused-ring (bicyclic) bond motifs is 3. The standard InChI is InChI=1S/C16H14ClN3O.ClH/c17-10-5-7-11(8-6-10)20-16(21)13-9-18-14-4-2-1-3-12(14)15(13)19-20;/h5-9,19H,1-4H2;1H. The largest absolute Gasteiger partial charge is 0.290 e. The molecule has 0 unspecified atom stereocenters. The summed E-state index contributed by atoms with van der Waals surface area (Å²) in [5.41, 5.74) is 3.97. The van der Waals surface area contributed by atoms with Crippen LogP contribution in [0.2, 0.25) is 5.02 Å². The van der Waals surface area contributed by atoms with Gasteiger partial charge in [-0.25, -0.2) is 4.68 Å². The second-order valence-corrected chi connectivity index (χ2v) is 5.84. The fraction of sp³-hybridized carbons (Fsp3) is 0.250. The Kier molecular flexibility index (Phi) is 3.98. The molecule has 4 rings (SSSR count). The lowest BCUT2D eigenvalue weighted by atomic mass is 9.95. The molecule has 6 heteroatoms. The lowest BCUT2D eigenvalue weighted by Crippen LogP contribution is -2.14. The molecule has 0 radical (unpaired) electrons. The molecule has 0 bridgehead atoms. The maximum atomic E-state index is 12.6. The molecule has 4 nitrogen and oxygen atoms in total. The number of rotatable bonds is 1. The van der Waals surface area contributed by atoms with Gasteiger partial charge in [0.2, 0.25) is 0 Å². The summed E-state index contributed by atoms with van der Waals surface area (Å²) in [6, 6.07) is 7.23. The molecule has 22 heavy (non-hydrogen) atoms. The number of pyridine rings is 1. The summed E-state index contributed by atoms with van der Waals surface area (Å²) >= 11 is 5.90. The highest BCUT2D eigenvalue weighted by Crippen LogP contribution is 2.25. The number of halogens is 2. The summed E-state index contributed by atoms with van der Waals surface area (Å²) in [6.07, 6.45) is 6.01. The molecule has 0 saturated carbocycles. The van der Waals surface area contributed by atoms with Crippen molar-refractivity contribution in [1.82, 2.24) is 14.8 Å². The molecule has 2 heterocycles. The van der Waals surface area contributed by atoms with Gasteiger partial charge in [0.1, 0.15) is 0 Å². The van der Waals surface area contributed by atoms with Crippen LogP contribution in [0.25, 0.3) is 16.6 Å². The Morgan fingerprint density at radius 1 is 1.14 bits per heavy atom. The Balaban J connectivity index is 0.00000144. The average Bonchev–Trinajstić information content (AvgIpc) is 2.86. The lowest BCUT2D eigenvalue weighted by molar-refractivity contribution is 0.671. The van der Waals surface area contributed by atoms with Crippen LogP contribution in [-0.2, 0) is 12.8 Å². The third-order valence-corrected chi connectivity index (χ3v) is 4.35. The summed E-state index contributed by atoms with van der Waals surface area (Å²) in [7, 11) is 0. The van der Waals surface area contributed by atoms with E-state index in [1.807, 2.05) is 12.1 Å². The molecular weight excluding hydrogens is 321 g/mol. The number of aromatic nitrogens is 3. The number of hydrogen-bond donors (Lipinski definition) is 1. The minimum absolute atomic E-state index is 0. The fourth-order valence-corrected chi connectivity index (χ4v) is 3.14. The molecule has 0 aliphatic heterocycles. The highest BCUT2D eigenvalue weighted by molar-refractivity contribution is 6.30. The molecule has 1 aliphatic carbocycles. The van der Waals surface area contributed by atoms with Crippen LogP contribution in [0.1, 0.15) is 24.1 Å². The van der Waals surface area contributed by atoms with E-state index >= 15 is 0 Å². The normalized spacial score (nSPS) is 13.7. The zero-order chi connectivity index (χ0) is 14.4. The second kappa shape index (κ2) is 5.78. The summed E-state index contributed by atoms with van der Waals surface area (Å²) in [6.45, 7) is 0. The molecule has 1 aliphatic rings. The number of nitrogens with zero attached hydrogens (tertiary/aromatic N) is 2. The summed E-state index contributed by atoms with van der Waals surface area (Å²) in [4.78, 5) is 17.0. The van der Waals surface area contributed by atoms with Crippen LogP contribution in [0.15, 0.2) is 35.3 Å². The minimum atomic E-state index is -0.0619. The van der Waals surface area contributed by atoms with E-state index in [2.05, 4.69) is 10.1 Å². The second-order valence-electron chi connectivity index (χ2n) is 5.41. The molecule has 1 aromatic carbocycles. The van der Waals surface area contributed by atoms with Crippen molar-refractivity contribution >= 4 is 34.9 Å². The van der Waals surface area contributed by atoms with Crippen molar-refractivity contribution in [2.45, 2.75) is 25.7 Å². The number of aryl methyl sites for hydroxylation is 2. The van der Waals surface area contributed by atoms with Crippen molar-refractivity contribution in [3.05, 3.63) is 57.1 Å². The van der Waals surface area contributed by atoms with Gasteiger partial charge >= 0.3 is 0 Å². The first kappa shape index (κ1) is 15.1. The highest BCUT2D eigenvalue weighted by atomic mass is 35.5. The molecule has 3 aromatic rings. The van der Waals surface area contributed by atoms with Gasteiger partial charge in [-0.1, -0.05) is 11.6 Å².